The van der Waals surface area contributed by atoms with E-state index < -0.39 is 6.67 Å². The molecule has 4 nitrogen and oxygen atoms in total. The van der Waals surface area contributed by atoms with Crippen molar-refractivity contribution < 1.29 is 13.9 Å². The van der Waals surface area contributed by atoms with Crippen molar-refractivity contribution in [2.24, 2.45) is 0 Å². The topological polar surface area (TPSA) is 50.4 Å². The van der Waals surface area contributed by atoms with Crippen molar-refractivity contribution in [1.82, 2.24) is 5.32 Å². The Balaban J connectivity index is 2.43. The van der Waals surface area contributed by atoms with Crippen LogP contribution in [-0.4, -0.2) is 32.8 Å². The van der Waals surface area contributed by atoms with Crippen molar-refractivity contribution in [2.45, 2.75) is 12.8 Å². The first-order valence-corrected chi connectivity index (χ1v) is 5.99. The van der Waals surface area contributed by atoms with Crippen molar-refractivity contribution in [3.63, 3.8) is 0 Å². The summed E-state index contributed by atoms with van der Waals surface area (Å²) >= 11 is 0. The van der Waals surface area contributed by atoms with Crippen LogP contribution >= 0.6 is 0 Å². The lowest BCUT2D eigenvalue weighted by Gasteiger charge is -2.08. The van der Waals surface area contributed by atoms with E-state index in [1.54, 1.807) is 24.3 Å². The number of rotatable bonds is 8. The predicted octanol–water partition coefficient (Wildman–Crippen LogP) is 1.97. The van der Waals surface area contributed by atoms with E-state index in [0.29, 0.717) is 17.9 Å². The second-order valence-corrected chi connectivity index (χ2v) is 3.82. The number of hydrogen-bond donors (Lipinski definition) is 2. The highest BCUT2D eigenvalue weighted by molar-refractivity contribution is 5.90. The highest BCUT2D eigenvalue weighted by atomic mass is 19.1. The fraction of sp³-hybridized carbons (Fsp3) is 0.462. The molecule has 1 rings (SSSR count). The fourth-order valence-corrected chi connectivity index (χ4v) is 1.47. The monoisotopic (exact) mass is 254 g/mol. The van der Waals surface area contributed by atoms with Crippen LogP contribution in [-0.2, 0) is 4.79 Å². The van der Waals surface area contributed by atoms with Crippen LogP contribution in [0.25, 0.3) is 0 Å². The Morgan fingerprint density at radius 2 is 2.28 bits per heavy atom. The average Bonchev–Trinajstić information content (AvgIpc) is 2.37. The number of carbonyl (C=O) groups is 1. The molecule has 18 heavy (non-hydrogen) atoms. The lowest BCUT2D eigenvalue weighted by atomic mass is 10.2. The van der Waals surface area contributed by atoms with Crippen LogP contribution in [0.5, 0.6) is 5.75 Å². The molecule has 0 aliphatic heterocycles. The number of anilines is 1. The van der Waals surface area contributed by atoms with E-state index in [1.165, 1.54) is 0 Å². The number of amides is 1. The van der Waals surface area contributed by atoms with Crippen molar-refractivity contribution in [3.8, 4) is 5.75 Å². The number of carbonyl (C=O) groups excluding carboxylic acids is 1. The SMILES string of the molecule is CNCCCC(=O)Nc1cccc(OCCF)c1. The molecule has 0 saturated carbocycles. The molecule has 1 aromatic rings. The van der Waals surface area contributed by atoms with Crippen molar-refractivity contribution >= 4 is 11.6 Å². The Bertz CT molecular complexity index is 372. The number of ether oxygens (including phenoxy) is 1. The molecule has 0 aliphatic carbocycles. The van der Waals surface area contributed by atoms with Crippen LogP contribution in [0.3, 0.4) is 0 Å². The molecular weight excluding hydrogens is 235 g/mol. The number of nitrogens with one attached hydrogen (secondary N) is 2. The predicted molar refractivity (Wildman–Crippen MR) is 69.7 cm³/mol. The molecule has 0 unspecified atom stereocenters. The van der Waals surface area contributed by atoms with Gasteiger partial charge in [0.2, 0.25) is 5.91 Å². The van der Waals surface area contributed by atoms with Gasteiger partial charge in [0.05, 0.1) is 0 Å². The lowest BCUT2D eigenvalue weighted by molar-refractivity contribution is -0.116. The maximum absolute atomic E-state index is 12.0. The zero-order valence-electron chi connectivity index (χ0n) is 10.5. The van der Waals surface area contributed by atoms with Gasteiger partial charge in [0.25, 0.3) is 0 Å². The summed E-state index contributed by atoms with van der Waals surface area (Å²) in [5.74, 6) is 0.522. The summed E-state index contributed by atoms with van der Waals surface area (Å²) < 4.78 is 17.1. The van der Waals surface area contributed by atoms with E-state index in [-0.39, 0.29) is 12.5 Å². The highest BCUT2D eigenvalue weighted by Gasteiger charge is 2.03. The van der Waals surface area contributed by atoms with Crippen LogP contribution in [0, 0.1) is 0 Å². The van der Waals surface area contributed by atoms with E-state index in [4.69, 9.17) is 4.74 Å². The summed E-state index contributed by atoms with van der Waals surface area (Å²) in [6.45, 7) is 0.313. The minimum Gasteiger partial charge on any atom is -0.491 e. The van der Waals surface area contributed by atoms with Gasteiger partial charge in [-0.2, -0.15) is 0 Å². The molecule has 1 amide bonds. The Hall–Kier alpha value is -1.62. The molecule has 0 heterocycles. The van der Waals surface area contributed by atoms with Gasteiger partial charge < -0.3 is 15.4 Å². The third-order valence-corrected chi connectivity index (χ3v) is 2.29. The summed E-state index contributed by atoms with van der Waals surface area (Å²) in [6, 6.07) is 6.95. The summed E-state index contributed by atoms with van der Waals surface area (Å²) in [7, 11) is 1.85. The van der Waals surface area contributed by atoms with Gasteiger partial charge in [-0.15, -0.1) is 0 Å². The standard InChI is InChI=1S/C13H19FN2O2/c1-15-8-3-6-13(17)16-11-4-2-5-12(10-11)18-9-7-14/h2,4-5,10,15H,3,6-9H2,1H3,(H,16,17). The zero-order chi connectivity index (χ0) is 13.2. The van der Waals surface area contributed by atoms with Crippen LogP contribution in [0.1, 0.15) is 12.8 Å². The molecule has 0 aromatic heterocycles. The van der Waals surface area contributed by atoms with E-state index >= 15 is 0 Å². The molecule has 0 fully saturated rings. The summed E-state index contributed by atoms with van der Waals surface area (Å²) in [4.78, 5) is 11.6. The summed E-state index contributed by atoms with van der Waals surface area (Å²) in [5.41, 5.74) is 0.667. The van der Waals surface area contributed by atoms with E-state index in [0.717, 1.165) is 13.0 Å². The molecule has 2 N–H and O–H groups in total. The molecule has 0 radical (unpaired) electrons. The largest absolute Gasteiger partial charge is 0.491 e. The Labute approximate surface area is 107 Å². The highest BCUT2D eigenvalue weighted by Crippen LogP contribution is 2.17. The number of hydrogen-bond acceptors (Lipinski definition) is 3. The third kappa shape index (κ3) is 5.63. The van der Waals surface area contributed by atoms with Crippen LogP contribution in [0.2, 0.25) is 0 Å². The van der Waals surface area contributed by atoms with Gasteiger partial charge >= 0.3 is 0 Å². The summed E-state index contributed by atoms with van der Waals surface area (Å²) in [6.07, 6.45) is 1.26. The van der Waals surface area contributed by atoms with Gasteiger partial charge in [-0.25, -0.2) is 4.39 Å². The first-order valence-electron chi connectivity index (χ1n) is 5.99. The Morgan fingerprint density at radius 3 is 3.00 bits per heavy atom. The van der Waals surface area contributed by atoms with Gasteiger partial charge in [0.1, 0.15) is 19.0 Å². The van der Waals surface area contributed by atoms with Gasteiger partial charge in [-0.3, -0.25) is 4.79 Å². The maximum Gasteiger partial charge on any atom is 0.224 e. The normalized spacial score (nSPS) is 10.1. The van der Waals surface area contributed by atoms with Gasteiger partial charge in [0.15, 0.2) is 0 Å². The second-order valence-electron chi connectivity index (χ2n) is 3.82. The minimum absolute atomic E-state index is 0.0274. The van der Waals surface area contributed by atoms with Gasteiger partial charge in [0, 0.05) is 18.2 Å². The molecule has 0 saturated heterocycles. The molecular formula is C13H19FN2O2. The molecule has 0 bridgehead atoms. The zero-order valence-corrected chi connectivity index (χ0v) is 10.5. The van der Waals surface area contributed by atoms with E-state index in [9.17, 15) is 9.18 Å². The number of alkyl halides is 1. The van der Waals surface area contributed by atoms with E-state index in [2.05, 4.69) is 10.6 Å². The van der Waals surface area contributed by atoms with Gasteiger partial charge in [-0.05, 0) is 32.1 Å². The van der Waals surface area contributed by atoms with Crippen LogP contribution < -0.4 is 15.4 Å². The smallest absolute Gasteiger partial charge is 0.224 e. The van der Waals surface area contributed by atoms with Crippen LogP contribution in [0.4, 0.5) is 10.1 Å². The van der Waals surface area contributed by atoms with Crippen molar-refractivity contribution in [1.29, 1.82) is 0 Å². The fourth-order valence-electron chi connectivity index (χ4n) is 1.47. The average molecular weight is 254 g/mol. The molecule has 0 atom stereocenters. The Kier molecular flexibility index (Phi) is 6.79. The van der Waals surface area contributed by atoms with Crippen molar-refractivity contribution in [2.75, 3.05) is 32.2 Å². The number of benzene rings is 1. The van der Waals surface area contributed by atoms with Crippen LogP contribution in [0.15, 0.2) is 24.3 Å². The molecule has 0 spiro atoms. The number of halogens is 1. The third-order valence-electron chi connectivity index (χ3n) is 2.29. The van der Waals surface area contributed by atoms with E-state index in [1.807, 2.05) is 7.05 Å². The minimum atomic E-state index is -0.527. The quantitative estimate of drug-likeness (QED) is 0.697. The van der Waals surface area contributed by atoms with Crippen molar-refractivity contribution in [3.05, 3.63) is 24.3 Å². The molecule has 5 heteroatoms. The first-order chi connectivity index (χ1) is 8.76. The molecule has 1 aromatic carbocycles. The molecule has 100 valence electrons. The summed E-state index contributed by atoms with van der Waals surface area (Å²) in [5, 5.41) is 5.76. The Morgan fingerprint density at radius 1 is 1.44 bits per heavy atom. The lowest BCUT2D eigenvalue weighted by Crippen LogP contribution is -2.15. The maximum atomic E-state index is 12.0. The molecule has 0 aliphatic rings. The second kappa shape index (κ2) is 8.47. The van der Waals surface area contributed by atoms with Gasteiger partial charge in [-0.1, -0.05) is 6.07 Å². The first kappa shape index (κ1) is 14.4.